The molecule has 0 aromatic heterocycles. The van der Waals surface area contributed by atoms with E-state index in [0.29, 0.717) is 0 Å². The van der Waals surface area contributed by atoms with Crippen LogP contribution >= 0.6 is 0 Å². The van der Waals surface area contributed by atoms with Crippen molar-refractivity contribution in [1.29, 1.82) is 0 Å². The molecule has 6 heteroatoms. The molecule has 1 aromatic rings. The fourth-order valence-corrected chi connectivity index (χ4v) is 4.43. The summed E-state index contributed by atoms with van der Waals surface area (Å²) in [6.07, 6.45) is 3.77. The van der Waals surface area contributed by atoms with Crippen molar-refractivity contribution in [2.24, 2.45) is 0 Å². The van der Waals surface area contributed by atoms with Gasteiger partial charge in [-0.25, -0.2) is 8.42 Å². The molecule has 1 fully saturated rings. The molecule has 1 aliphatic carbocycles. The second-order valence-corrected chi connectivity index (χ2v) is 6.67. The summed E-state index contributed by atoms with van der Waals surface area (Å²) in [6.45, 7) is -0.0518. The SMILES string of the molecule is Nc1ccccc1S(=O)(=O)N(CCO)C1CCCC1. The first-order valence-corrected chi connectivity index (χ1v) is 7.98. The van der Waals surface area contributed by atoms with Gasteiger partial charge in [-0.3, -0.25) is 0 Å². The quantitative estimate of drug-likeness (QED) is 0.796. The van der Waals surface area contributed by atoms with Gasteiger partial charge in [-0.2, -0.15) is 4.31 Å². The monoisotopic (exact) mass is 284 g/mol. The predicted octanol–water partition coefficient (Wildman–Crippen LogP) is 1.19. The Balaban J connectivity index is 2.36. The Morgan fingerprint density at radius 1 is 1.26 bits per heavy atom. The van der Waals surface area contributed by atoms with Gasteiger partial charge in [-0.15, -0.1) is 0 Å². The van der Waals surface area contributed by atoms with Crippen LogP contribution in [-0.4, -0.2) is 37.0 Å². The van der Waals surface area contributed by atoms with E-state index in [4.69, 9.17) is 10.8 Å². The molecule has 1 aromatic carbocycles. The normalized spacial score (nSPS) is 17.2. The van der Waals surface area contributed by atoms with E-state index >= 15 is 0 Å². The summed E-state index contributed by atoms with van der Waals surface area (Å²) in [6, 6.07) is 6.45. The molecule has 0 saturated heterocycles. The van der Waals surface area contributed by atoms with Crippen LogP contribution in [0.25, 0.3) is 0 Å². The Morgan fingerprint density at radius 3 is 2.47 bits per heavy atom. The molecular formula is C13H20N2O3S. The molecule has 5 nitrogen and oxygen atoms in total. The number of nitrogens with two attached hydrogens (primary N) is 1. The van der Waals surface area contributed by atoms with Gasteiger partial charge in [0.05, 0.1) is 12.3 Å². The Labute approximate surface area is 114 Å². The summed E-state index contributed by atoms with van der Waals surface area (Å²) in [7, 11) is -3.63. The average Bonchev–Trinajstić information content (AvgIpc) is 2.89. The second-order valence-electron chi connectivity index (χ2n) is 4.82. The molecule has 1 aliphatic rings. The van der Waals surface area contributed by atoms with Gasteiger partial charge < -0.3 is 10.8 Å². The minimum Gasteiger partial charge on any atom is -0.398 e. The van der Waals surface area contributed by atoms with Crippen LogP contribution in [0.2, 0.25) is 0 Å². The Morgan fingerprint density at radius 2 is 1.89 bits per heavy atom. The molecule has 0 spiro atoms. The summed E-state index contributed by atoms with van der Waals surface area (Å²) in [4.78, 5) is 0.135. The molecule has 0 aliphatic heterocycles. The van der Waals surface area contributed by atoms with Crippen LogP contribution in [0.15, 0.2) is 29.2 Å². The van der Waals surface area contributed by atoms with E-state index in [2.05, 4.69) is 0 Å². The summed E-state index contributed by atoms with van der Waals surface area (Å²) < 4.78 is 26.7. The number of hydrogen-bond donors (Lipinski definition) is 2. The molecule has 2 rings (SSSR count). The standard InChI is InChI=1S/C13H20N2O3S/c14-12-7-3-4-8-13(12)19(17,18)15(9-10-16)11-5-1-2-6-11/h3-4,7-8,11,16H,1-2,5-6,9-10,14H2. The third-order valence-electron chi connectivity index (χ3n) is 3.56. The maximum atomic E-state index is 12.7. The average molecular weight is 284 g/mol. The fraction of sp³-hybridized carbons (Fsp3) is 0.538. The molecule has 0 heterocycles. The van der Waals surface area contributed by atoms with Crippen molar-refractivity contribution >= 4 is 15.7 Å². The van der Waals surface area contributed by atoms with Crippen molar-refractivity contribution in [1.82, 2.24) is 4.31 Å². The number of sulfonamides is 1. The number of anilines is 1. The zero-order valence-electron chi connectivity index (χ0n) is 10.8. The maximum Gasteiger partial charge on any atom is 0.245 e. The van der Waals surface area contributed by atoms with Gasteiger partial charge in [-0.1, -0.05) is 25.0 Å². The Kier molecular flexibility index (Phi) is 4.44. The summed E-state index contributed by atoms with van der Waals surface area (Å²) in [5, 5.41) is 9.14. The van der Waals surface area contributed by atoms with Gasteiger partial charge in [0.2, 0.25) is 10.0 Å². The summed E-state index contributed by atoms with van der Waals surface area (Å²) in [5.74, 6) is 0. The first-order valence-electron chi connectivity index (χ1n) is 6.54. The first-order chi connectivity index (χ1) is 9.07. The molecule has 0 bridgehead atoms. The molecule has 19 heavy (non-hydrogen) atoms. The lowest BCUT2D eigenvalue weighted by atomic mass is 10.2. The lowest BCUT2D eigenvalue weighted by Gasteiger charge is -2.27. The Bertz CT molecular complexity index is 524. The van der Waals surface area contributed by atoms with E-state index in [1.807, 2.05) is 0 Å². The van der Waals surface area contributed by atoms with Gasteiger partial charge in [0.25, 0.3) is 0 Å². The Hall–Kier alpha value is -1.11. The van der Waals surface area contributed by atoms with E-state index in [9.17, 15) is 8.42 Å². The van der Waals surface area contributed by atoms with E-state index in [1.54, 1.807) is 18.2 Å². The van der Waals surface area contributed by atoms with E-state index in [-0.39, 0.29) is 29.8 Å². The third kappa shape index (κ3) is 2.91. The van der Waals surface area contributed by atoms with Crippen molar-refractivity contribution in [2.45, 2.75) is 36.6 Å². The van der Waals surface area contributed by atoms with Crippen molar-refractivity contribution in [3.05, 3.63) is 24.3 Å². The number of benzene rings is 1. The van der Waals surface area contributed by atoms with Gasteiger partial charge in [0.1, 0.15) is 4.90 Å². The highest BCUT2D eigenvalue weighted by Gasteiger charge is 2.33. The minimum atomic E-state index is -3.63. The van der Waals surface area contributed by atoms with E-state index < -0.39 is 10.0 Å². The van der Waals surface area contributed by atoms with Crippen LogP contribution in [-0.2, 0) is 10.0 Å². The number of para-hydroxylation sites is 1. The number of aliphatic hydroxyl groups is 1. The lowest BCUT2D eigenvalue weighted by Crippen LogP contribution is -2.40. The highest BCUT2D eigenvalue weighted by atomic mass is 32.2. The van der Waals surface area contributed by atoms with E-state index in [0.717, 1.165) is 25.7 Å². The lowest BCUT2D eigenvalue weighted by molar-refractivity contribution is 0.226. The molecule has 0 amide bonds. The van der Waals surface area contributed by atoms with Gasteiger partial charge in [0, 0.05) is 12.6 Å². The van der Waals surface area contributed by atoms with Crippen molar-refractivity contribution < 1.29 is 13.5 Å². The predicted molar refractivity (Wildman–Crippen MR) is 74.1 cm³/mol. The van der Waals surface area contributed by atoms with Crippen molar-refractivity contribution in [2.75, 3.05) is 18.9 Å². The van der Waals surface area contributed by atoms with Crippen LogP contribution in [0.5, 0.6) is 0 Å². The number of aliphatic hydroxyl groups excluding tert-OH is 1. The van der Waals surface area contributed by atoms with Gasteiger partial charge in [0.15, 0.2) is 0 Å². The zero-order valence-corrected chi connectivity index (χ0v) is 11.6. The number of rotatable bonds is 5. The number of hydrogen-bond acceptors (Lipinski definition) is 4. The second kappa shape index (κ2) is 5.90. The van der Waals surface area contributed by atoms with Gasteiger partial charge >= 0.3 is 0 Å². The summed E-state index contributed by atoms with van der Waals surface area (Å²) in [5.41, 5.74) is 6.02. The van der Waals surface area contributed by atoms with Crippen molar-refractivity contribution in [3.8, 4) is 0 Å². The molecular weight excluding hydrogens is 264 g/mol. The van der Waals surface area contributed by atoms with Crippen molar-refractivity contribution in [3.63, 3.8) is 0 Å². The largest absolute Gasteiger partial charge is 0.398 e. The molecule has 0 atom stereocenters. The zero-order chi connectivity index (χ0) is 13.9. The maximum absolute atomic E-state index is 12.7. The highest BCUT2D eigenvalue weighted by molar-refractivity contribution is 7.89. The minimum absolute atomic E-state index is 0.0169. The molecule has 3 N–H and O–H groups in total. The third-order valence-corrected chi connectivity index (χ3v) is 5.58. The van der Waals surface area contributed by atoms with E-state index in [1.165, 1.54) is 10.4 Å². The number of nitrogen functional groups attached to an aromatic ring is 1. The van der Waals surface area contributed by atoms with Crippen LogP contribution in [0.4, 0.5) is 5.69 Å². The van der Waals surface area contributed by atoms with Crippen LogP contribution in [0, 0.1) is 0 Å². The topological polar surface area (TPSA) is 83.6 Å². The molecule has 106 valence electrons. The molecule has 0 unspecified atom stereocenters. The highest BCUT2D eigenvalue weighted by Crippen LogP contribution is 2.30. The summed E-state index contributed by atoms with van der Waals surface area (Å²) >= 11 is 0. The van der Waals surface area contributed by atoms with Gasteiger partial charge in [-0.05, 0) is 25.0 Å². The first kappa shape index (κ1) is 14.3. The fourth-order valence-electron chi connectivity index (χ4n) is 2.63. The van der Waals surface area contributed by atoms with Crippen LogP contribution in [0.1, 0.15) is 25.7 Å². The molecule has 0 radical (unpaired) electrons. The van der Waals surface area contributed by atoms with Crippen LogP contribution in [0.3, 0.4) is 0 Å². The number of nitrogens with zero attached hydrogens (tertiary/aromatic N) is 1. The smallest absolute Gasteiger partial charge is 0.245 e. The molecule has 1 saturated carbocycles. The van der Waals surface area contributed by atoms with Crippen LogP contribution < -0.4 is 5.73 Å².